The van der Waals surface area contributed by atoms with Crippen molar-refractivity contribution in [1.29, 1.82) is 0 Å². The summed E-state index contributed by atoms with van der Waals surface area (Å²) in [7, 11) is 0. The highest BCUT2D eigenvalue weighted by molar-refractivity contribution is 5.84. The molecule has 1 aliphatic rings. The molecule has 0 aliphatic carbocycles. The number of carboxylic acid groups (broad SMARTS) is 1. The van der Waals surface area contributed by atoms with Gasteiger partial charge in [0.15, 0.2) is 5.69 Å². The molecule has 0 radical (unpaired) electrons. The van der Waals surface area contributed by atoms with Crippen LogP contribution < -0.4 is 4.90 Å². The van der Waals surface area contributed by atoms with E-state index in [0.717, 1.165) is 31.1 Å². The zero-order valence-electron chi connectivity index (χ0n) is 10.1. The summed E-state index contributed by atoms with van der Waals surface area (Å²) in [6.45, 7) is 5.39. The maximum atomic E-state index is 10.7. The van der Waals surface area contributed by atoms with Crippen LogP contribution in [0.3, 0.4) is 0 Å². The van der Waals surface area contributed by atoms with Gasteiger partial charge in [0.1, 0.15) is 5.82 Å². The molecule has 0 amide bonds. The molecule has 2 heterocycles. The molecule has 0 spiro atoms. The summed E-state index contributed by atoms with van der Waals surface area (Å²) >= 11 is 0. The van der Waals surface area contributed by atoms with Crippen molar-refractivity contribution in [3.8, 4) is 0 Å². The lowest BCUT2D eigenvalue weighted by molar-refractivity contribution is 0.0690. The van der Waals surface area contributed by atoms with Crippen molar-refractivity contribution in [2.45, 2.75) is 32.7 Å². The summed E-state index contributed by atoms with van der Waals surface area (Å²) in [4.78, 5) is 21.0. The van der Waals surface area contributed by atoms with Crippen LogP contribution in [0.2, 0.25) is 0 Å². The topological polar surface area (TPSA) is 66.3 Å². The Balaban J connectivity index is 2.14. The van der Waals surface area contributed by atoms with Gasteiger partial charge in [-0.25, -0.2) is 14.8 Å². The standard InChI is InChI=1S/C12H17N3O2/c1-8-3-4-15(9(2)5-8)11-7-13-10(6-14-11)12(16)17/h6-9H,3-5H2,1-2H3,(H,16,17). The lowest BCUT2D eigenvalue weighted by atomic mass is 9.93. The third-order valence-corrected chi connectivity index (χ3v) is 3.29. The lowest BCUT2D eigenvalue weighted by Gasteiger charge is -2.37. The van der Waals surface area contributed by atoms with E-state index in [1.54, 1.807) is 6.20 Å². The third kappa shape index (κ3) is 2.54. The number of hydrogen-bond donors (Lipinski definition) is 1. The van der Waals surface area contributed by atoms with E-state index < -0.39 is 5.97 Å². The average Bonchev–Trinajstić information content (AvgIpc) is 2.29. The molecule has 0 aromatic carbocycles. The molecule has 1 saturated heterocycles. The fourth-order valence-corrected chi connectivity index (χ4v) is 2.33. The van der Waals surface area contributed by atoms with Gasteiger partial charge in [0.2, 0.25) is 0 Å². The molecule has 2 rings (SSSR count). The van der Waals surface area contributed by atoms with Crippen LogP contribution in [0.25, 0.3) is 0 Å². The minimum Gasteiger partial charge on any atom is -0.476 e. The quantitative estimate of drug-likeness (QED) is 0.846. The molecule has 5 heteroatoms. The summed E-state index contributed by atoms with van der Waals surface area (Å²) in [6.07, 6.45) is 5.16. The molecule has 1 fully saturated rings. The molecule has 5 nitrogen and oxygen atoms in total. The first-order valence-corrected chi connectivity index (χ1v) is 5.90. The van der Waals surface area contributed by atoms with E-state index >= 15 is 0 Å². The van der Waals surface area contributed by atoms with Crippen LogP contribution in [0, 0.1) is 5.92 Å². The van der Waals surface area contributed by atoms with E-state index in [9.17, 15) is 4.79 Å². The molecule has 0 bridgehead atoms. The molecule has 0 saturated carbocycles. The highest BCUT2D eigenvalue weighted by Crippen LogP contribution is 2.25. The third-order valence-electron chi connectivity index (χ3n) is 3.29. The minimum atomic E-state index is -1.04. The Hall–Kier alpha value is -1.65. The SMILES string of the molecule is CC1CCN(c2cnc(C(=O)O)cn2)C(C)C1. The van der Waals surface area contributed by atoms with Crippen LogP contribution in [0.15, 0.2) is 12.4 Å². The van der Waals surface area contributed by atoms with Gasteiger partial charge >= 0.3 is 5.97 Å². The number of aromatic carboxylic acids is 1. The van der Waals surface area contributed by atoms with Crippen molar-refractivity contribution in [3.05, 3.63) is 18.1 Å². The summed E-state index contributed by atoms with van der Waals surface area (Å²) < 4.78 is 0. The largest absolute Gasteiger partial charge is 0.476 e. The average molecular weight is 235 g/mol. The van der Waals surface area contributed by atoms with Crippen LogP contribution in [0.1, 0.15) is 37.2 Å². The second-order valence-electron chi connectivity index (χ2n) is 4.74. The monoisotopic (exact) mass is 235 g/mol. The first kappa shape index (κ1) is 11.8. The fourth-order valence-electron chi connectivity index (χ4n) is 2.33. The van der Waals surface area contributed by atoms with E-state index in [1.165, 1.54) is 6.20 Å². The number of piperidine rings is 1. The molecule has 1 N–H and O–H groups in total. The predicted octanol–water partition coefficient (Wildman–Crippen LogP) is 1.80. The van der Waals surface area contributed by atoms with Crippen LogP contribution in [0.5, 0.6) is 0 Å². The zero-order valence-corrected chi connectivity index (χ0v) is 10.1. The second kappa shape index (κ2) is 4.69. The number of anilines is 1. The molecule has 2 atom stereocenters. The van der Waals surface area contributed by atoms with Crippen molar-refractivity contribution in [3.63, 3.8) is 0 Å². The van der Waals surface area contributed by atoms with E-state index in [1.807, 2.05) is 0 Å². The van der Waals surface area contributed by atoms with Gasteiger partial charge < -0.3 is 10.0 Å². The second-order valence-corrected chi connectivity index (χ2v) is 4.74. The Morgan fingerprint density at radius 2 is 2.18 bits per heavy atom. The van der Waals surface area contributed by atoms with Gasteiger partial charge in [-0.2, -0.15) is 0 Å². The maximum absolute atomic E-state index is 10.7. The van der Waals surface area contributed by atoms with Crippen LogP contribution in [-0.4, -0.2) is 33.6 Å². The molecular formula is C12H17N3O2. The van der Waals surface area contributed by atoms with Gasteiger partial charge in [0.25, 0.3) is 0 Å². The number of hydrogen-bond acceptors (Lipinski definition) is 4. The number of aromatic nitrogens is 2. The van der Waals surface area contributed by atoms with Crippen molar-refractivity contribution in [2.24, 2.45) is 5.92 Å². The fraction of sp³-hybridized carbons (Fsp3) is 0.583. The van der Waals surface area contributed by atoms with Crippen molar-refractivity contribution < 1.29 is 9.90 Å². The maximum Gasteiger partial charge on any atom is 0.356 e. The Kier molecular flexibility index (Phi) is 3.26. The van der Waals surface area contributed by atoms with E-state index in [0.29, 0.717) is 6.04 Å². The van der Waals surface area contributed by atoms with E-state index in [-0.39, 0.29) is 5.69 Å². The van der Waals surface area contributed by atoms with Crippen LogP contribution in [0.4, 0.5) is 5.82 Å². The summed E-state index contributed by atoms with van der Waals surface area (Å²) in [5.41, 5.74) is -0.00761. The highest BCUT2D eigenvalue weighted by Gasteiger charge is 2.24. The Bertz CT molecular complexity index is 405. The summed E-state index contributed by atoms with van der Waals surface area (Å²) in [5, 5.41) is 8.76. The molecule has 1 aromatic heterocycles. The summed E-state index contributed by atoms with van der Waals surface area (Å²) in [5.74, 6) is 0.478. The van der Waals surface area contributed by atoms with E-state index in [4.69, 9.17) is 5.11 Å². The Morgan fingerprint density at radius 1 is 1.41 bits per heavy atom. The smallest absolute Gasteiger partial charge is 0.356 e. The highest BCUT2D eigenvalue weighted by atomic mass is 16.4. The van der Waals surface area contributed by atoms with Crippen LogP contribution in [-0.2, 0) is 0 Å². The van der Waals surface area contributed by atoms with Crippen LogP contribution >= 0.6 is 0 Å². The van der Waals surface area contributed by atoms with Gasteiger partial charge in [-0.3, -0.25) is 0 Å². The van der Waals surface area contributed by atoms with Crippen molar-refractivity contribution in [1.82, 2.24) is 9.97 Å². The Labute approximate surface area is 100 Å². The molecule has 1 aromatic rings. The predicted molar refractivity (Wildman–Crippen MR) is 64.2 cm³/mol. The zero-order chi connectivity index (χ0) is 12.4. The van der Waals surface area contributed by atoms with Gasteiger partial charge in [0, 0.05) is 12.6 Å². The van der Waals surface area contributed by atoms with Gasteiger partial charge in [-0.1, -0.05) is 6.92 Å². The van der Waals surface area contributed by atoms with Crippen molar-refractivity contribution >= 4 is 11.8 Å². The van der Waals surface area contributed by atoms with Gasteiger partial charge in [-0.15, -0.1) is 0 Å². The van der Waals surface area contributed by atoms with Gasteiger partial charge in [0.05, 0.1) is 12.4 Å². The van der Waals surface area contributed by atoms with Crippen molar-refractivity contribution in [2.75, 3.05) is 11.4 Å². The molecule has 2 unspecified atom stereocenters. The molecule has 17 heavy (non-hydrogen) atoms. The number of rotatable bonds is 2. The number of carbonyl (C=O) groups is 1. The molecule has 92 valence electrons. The lowest BCUT2D eigenvalue weighted by Crippen LogP contribution is -2.40. The number of carboxylic acids is 1. The summed E-state index contributed by atoms with van der Waals surface area (Å²) in [6, 6.07) is 0.434. The molecular weight excluding hydrogens is 218 g/mol. The first-order chi connectivity index (χ1) is 8.08. The minimum absolute atomic E-state index is 0.00761. The van der Waals surface area contributed by atoms with Gasteiger partial charge in [-0.05, 0) is 25.7 Å². The Morgan fingerprint density at radius 3 is 2.71 bits per heavy atom. The van der Waals surface area contributed by atoms with E-state index in [2.05, 4.69) is 28.7 Å². The number of nitrogens with zero attached hydrogens (tertiary/aromatic N) is 3. The normalized spacial score (nSPS) is 24.7. The molecule has 1 aliphatic heterocycles. The first-order valence-electron chi connectivity index (χ1n) is 5.90.